The van der Waals surface area contributed by atoms with Crippen molar-refractivity contribution >= 4 is 23.3 Å². The molecule has 0 spiro atoms. The molecule has 1 unspecified atom stereocenters. The summed E-state index contributed by atoms with van der Waals surface area (Å²) in [6.45, 7) is 0.174. The van der Waals surface area contributed by atoms with E-state index in [0.29, 0.717) is 11.4 Å². The fourth-order valence-corrected chi connectivity index (χ4v) is 3.19. The third kappa shape index (κ3) is 6.99. The zero-order chi connectivity index (χ0) is 23.8. The standard InChI is InChI=1S/C24H25F2N5O2/c1-31(18-5-3-2-4-6-18)15-23(32)30-21(12-16-7-9-19(25)20(26)11-16)24(33)29-14-17-8-10-22(27)28-13-17/h2-11,13,21H,12,14-15H2,1H3,(H2,27,28)(H,29,33)(H,30,32). The van der Waals surface area contributed by atoms with Gasteiger partial charge in [-0.3, -0.25) is 9.59 Å². The number of rotatable bonds is 9. The van der Waals surface area contributed by atoms with Crippen molar-refractivity contribution in [2.45, 2.75) is 19.0 Å². The predicted molar refractivity (Wildman–Crippen MR) is 122 cm³/mol. The van der Waals surface area contributed by atoms with Crippen molar-refractivity contribution in [2.75, 3.05) is 24.2 Å². The van der Waals surface area contributed by atoms with E-state index in [4.69, 9.17) is 5.73 Å². The first-order valence-electron chi connectivity index (χ1n) is 10.3. The highest BCUT2D eigenvalue weighted by atomic mass is 19.2. The fraction of sp³-hybridized carbons (Fsp3) is 0.208. The minimum atomic E-state index is -1.02. The SMILES string of the molecule is CN(CC(=O)NC(Cc1ccc(F)c(F)c1)C(=O)NCc1ccc(N)nc1)c1ccccc1. The first-order valence-corrected chi connectivity index (χ1v) is 10.3. The Morgan fingerprint density at radius 1 is 1.03 bits per heavy atom. The number of carbonyl (C=O) groups is 2. The summed E-state index contributed by atoms with van der Waals surface area (Å²) in [7, 11) is 1.76. The third-order valence-electron chi connectivity index (χ3n) is 4.97. The fourth-order valence-electron chi connectivity index (χ4n) is 3.19. The lowest BCUT2D eigenvalue weighted by Crippen LogP contribution is -2.50. The van der Waals surface area contributed by atoms with E-state index in [2.05, 4.69) is 15.6 Å². The Balaban J connectivity index is 1.69. The van der Waals surface area contributed by atoms with Crippen molar-refractivity contribution in [3.05, 3.63) is 89.6 Å². The molecule has 0 fully saturated rings. The number of amides is 2. The number of para-hydroxylation sites is 1. The molecule has 1 aromatic heterocycles. The number of nitrogens with two attached hydrogens (primary N) is 1. The van der Waals surface area contributed by atoms with Gasteiger partial charge in [-0.1, -0.05) is 30.3 Å². The summed E-state index contributed by atoms with van der Waals surface area (Å²) in [6.07, 6.45) is 1.52. The molecule has 3 rings (SSSR count). The maximum atomic E-state index is 13.7. The highest BCUT2D eigenvalue weighted by Crippen LogP contribution is 2.12. The Bertz CT molecular complexity index is 1090. The number of nitrogens with one attached hydrogen (secondary N) is 2. The van der Waals surface area contributed by atoms with Crippen molar-refractivity contribution in [3.63, 3.8) is 0 Å². The summed E-state index contributed by atoms with van der Waals surface area (Å²) >= 11 is 0. The molecule has 0 saturated heterocycles. The summed E-state index contributed by atoms with van der Waals surface area (Å²) in [5.41, 5.74) is 7.50. The second-order valence-electron chi connectivity index (χ2n) is 7.57. The largest absolute Gasteiger partial charge is 0.384 e. The Morgan fingerprint density at radius 2 is 1.76 bits per heavy atom. The van der Waals surface area contributed by atoms with Gasteiger partial charge >= 0.3 is 0 Å². The summed E-state index contributed by atoms with van der Waals surface area (Å²) in [6, 6.07) is 15.0. The number of pyridine rings is 1. The van der Waals surface area contributed by atoms with Gasteiger partial charge in [0, 0.05) is 31.9 Å². The molecule has 172 valence electrons. The van der Waals surface area contributed by atoms with Crippen LogP contribution in [-0.2, 0) is 22.6 Å². The smallest absolute Gasteiger partial charge is 0.243 e. The van der Waals surface area contributed by atoms with Gasteiger partial charge in [0.05, 0.1) is 6.54 Å². The molecular weight excluding hydrogens is 428 g/mol. The molecule has 1 atom stereocenters. The van der Waals surface area contributed by atoms with E-state index >= 15 is 0 Å². The van der Waals surface area contributed by atoms with Gasteiger partial charge in [0.15, 0.2) is 11.6 Å². The lowest BCUT2D eigenvalue weighted by atomic mass is 10.0. The molecule has 0 saturated carbocycles. The van der Waals surface area contributed by atoms with Crippen LogP contribution in [0.15, 0.2) is 66.9 Å². The van der Waals surface area contributed by atoms with E-state index in [1.165, 1.54) is 12.3 Å². The Morgan fingerprint density at radius 3 is 2.42 bits per heavy atom. The molecule has 3 aromatic rings. The second kappa shape index (κ2) is 11.0. The van der Waals surface area contributed by atoms with Crippen LogP contribution < -0.4 is 21.3 Å². The molecular formula is C24H25F2N5O2. The Kier molecular flexibility index (Phi) is 7.91. The van der Waals surface area contributed by atoms with E-state index in [1.54, 1.807) is 24.1 Å². The molecule has 2 amide bonds. The topological polar surface area (TPSA) is 100 Å². The highest BCUT2D eigenvalue weighted by molar-refractivity contribution is 5.89. The number of hydrogen-bond donors (Lipinski definition) is 3. The van der Waals surface area contributed by atoms with Crippen molar-refractivity contribution in [3.8, 4) is 0 Å². The zero-order valence-corrected chi connectivity index (χ0v) is 18.1. The zero-order valence-electron chi connectivity index (χ0n) is 18.1. The highest BCUT2D eigenvalue weighted by Gasteiger charge is 2.22. The lowest BCUT2D eigenvalue weighted by molar-refractivity contribution is -0.128. The van der Waals surface area contributed by atoms with Gasteiger partial charge in [-0.05, 0) is 41.5 Å². The maximum Gasteiger partial charge on any atom is 0.243 e. The number of halogens is 2. The third-order valence-corrected chi connectivity index (χ3v) is 4.97. The van der Waals surface area contributed by atoms with Crippen LogP contribution in [0.1, 0.15) is 11.1 Å². The molecule has 9 heteroatoms. The normalized spacial score (nSPS) is 11.5. The first-order chi connectivity index (χ1) is 15.8. The number of carbonyl (C=O) groups excluding carboxylic acids is 2. The average Bonchev–Trinajstić information content (AvgIpc) is 2.81. The van der Waals surface area contributed by atoms with Crippen molar-refractivity contribution in [2.24, 2.45) is 0 Å². The molecule has 4 N–H and O–H groups in total. The number of anilines is 2. The lowest BCUT2D eigenvalue weighted by Gasteiger charge is -2.22. The van der Waals surface area contributed by atoms with Crippen molar-refractivity contribution in [1.29, 1.82) is 0 Å². The number of hydrogen-bond acceptors (Lipinski definition) is 5. The van der Waals surface area contributed by atoms with Crippen LogP contribution in [0.3, 0.4) is 0 Å². The van der Waals surface area contributed by atoms with E-state index in [-0.39, 0.29) is 19.5 Å². The second-order valence-corrected chi connectivity index (χ2v) is 7.57. The van der Waals surface area contributed by atoms with Crippen LogP contribution in [0.4, 0.5) is 20.3 Å². The summed E-state index contributed by atoms with van der Waals surface area (Å²) in [4.78, 5) is 31.3. The quantitative estimate of drug-likeness (QED) is 0.462. The van der Waals surface area contributed by atoms with Gasteiger partial charge in [-0.25, -0.2) is 13.8 Å². The molecule has 0 aliphatic rings. The maximum absolute atomic E-state index is 13.7. The summed E-state index contributed by atoms with van der Waals surface area (Å²) in [5.74, 6) is -2.50. The van der Waals surface area contributed by atoms with Gasteiger partial charge in [0.25, 0.3) is 0 Å². The van der Waals surface area contributed by atoms with Gasteiger partial charge in [0.1, 0.15) is 11.9 Å². The van der Waals surface area contributed by atoms with E-state index in [0.717, 1.165) is 23.4 Å². The van der Waals surface area contributed by atoms with Crippen LogP contribution in [0.25, 0.3) is 0 Å². The molecule has 7 nitrogen and oxygen atoms in total. The molecule has 2 aromatic carbocycles. The average molecular weight is 453 g/mol. The molecule has 33 heavy (non-hydrogen) atoms. The summed E-state index contributed by atoms with van der Waals surface area (Å²) in [5, 5.41) is 5.44. The van der Waals surface area contributed by atoms with E-state index in [9.17, 15) is 18.4 Å². The van der Waals surface area contributed by atoms with Crippen LogP contribution >= 0.6 is 0 Å². The number of likely N-dealkylation sites (N-methyl/N-ethyl adjacent to an activating group) is 1. The minimum Gasteiger partial charge on any atom is -0.384 e. The van der Waals surface area contributed by atoms with E-state index < -0.39 is 29.5 Å². The van der Waals surface area contributed by atoms with Crippen molar-refractivity contribution < 1.29 is 18.4 Å². The Labute approximate surface area is 190 Å². The molecule has 0 radical (unpaired) electrons. The molecule has 1 heterocycles. The van der Waals surface area contributed by atoms with E-state index in [1.807, 2.05) is 30.3 Å². The van der Waals surface area contributed by atoms with Crippen LogP contribution in [0, 0.1) is 11.6 Å². The molecule has 0 bridgehead atoms. The monoisotopic (exact) mass is 453 g/mol. The first kappa shape index (κ1) is 23.6. The van der Waals surface area contributed by atoms with Gasteiger partial charge in [-0.15, -0.1) is 0 Å². The van der Waals surface area contributed by atoms with Crippen LogP contribution in [0.2, 0.25) is 0 Å². The number of benzene rings is 2. The molecule has 0 aliphatic heterocycles. The van der Waals surface area contributed by atoms with Gasteiger partial charge in [0.2, 0.25) is 11.8 Å². The number of aromatic nitrogens is 1. The van der Waals surface area contributed by atoms with Crippen LogP contribution in [0.5, 0.6) is 0 Å². The number of nitrogen functional groups attached to an aromatic ring is 1. The predicted octanol–water partition coefficient (Wildman–Crippen LogP) is 2.42. The number of nitrogens with zero attached hydrogens (tertiary/aromatic N) is 2. The van der Waals surface area contributed by atoms with Gasteiger partial charge < -0.3 is 21.3 Å². The van der Waals surface area contributed by atoms with Gasteiger partial charge in [-0.2, -0.15) is 0 Å². The minimum absolute atomic E-state index is 0.00740. The van der Waals surface area contributed by atoms with Crippen LogP contribution in [-0.4, -0.2) is 36.4 Å². The molecule has 0 aliphatic carbocycles. The summed E-state index contributed by atoms with van der Waals surface area (Å²) < 4.78 is 27.0. The Hall–Kier alpha value is -4.01. The van der Waals surface area contributed by atoms with Crippen molar-refractivity contribution in [1.82, 2.24) is 15.6 Å².